The van der Waals surface area contributed by atoms with Crippen molar-refractivity contribution in [2.24, 2.45) is 5.92 Å². The molecular weight excluding hydrogens is 240 g/mol. The van der Waals surface area contributed by atoms with Crippen molar-refractivity contribution in [3.8, 4) is 0 Å². The highest BCUT2D eigenvalue weighted by atomic mass is 16.5. The maximum atomic E-state index is 12.3. The maximum Gasteiger partial charge on any atom is 0.241 e. The molecule has 2 aliphatic rings. The van der Waals surface area contributed by atoms with Gasteiger partial charge in [0.1, 0.15) is 6.04 Å². The van der Waals surface area contributed by atoms with E-state index in [9.17, 15) is 4.79 Å². The van der Waals surface area contributed by atoms with Crippen molar-refractivity contribution in [1.29, 1.82) is 0 Å². The summed E-state index contributed by atoms with van der Waals surface area (Å²) < 4.78 is 5.32. The molecule has 102 valence electrons. The second-order valence-electron chi connectivity index (χ2n) is 5.31. The van der Waals surface area contributed by atoms with Crippen molar-refractivity contribution in [2.75, 3.05) is 26.3 Å². The van der Waals surface area contributed by atoms with Gasteiger partial charge in [-0.25, -0.2) is 0 Å². The summed E-state index contributed by atoms with van der Waals surface area (Å²) in [4.78, 5) is 12.3. The smallest absolute Gasteiger partial charge is 0.241 e. The molecule has 1 saturated heterocycles. The number of ether oxygens (including phenoxy) is 1. The maximum absolute atomic E-state index is 12.3. The van der Waals surface area contributed by atoms with E-state index in [1.807, 2.05) is 18.2 Å². The van der Waals surface area contributed by atoms with E-state index < -0.39 is 0 Å². The van der Waals surface area contributed by atoms with Crippen LogP contribution in [0.1, 0.15) is 23.6 Å². The average molecular weight is 260 g/mol. The first-order chi connectivity index (χ1) is 9.34. The van der Waals surface area contributed by atoms with Crippen LogP contribution in [-0.2, 0) is 16.0 Å². The van der Waals surface area contributed by atoms with Gasteiger partial charge in [-0.15, -0.1) is 0 Å². The molecule has 3 rings (SSSR count). The summed E-state index contributed by atoms with van der Waals surface area (Å²) >= 11 is 0. The zero-order valence-corrected chi connectivity index (χ0v) is 11.0. The molecule has 1 aromatic carbocycles. The first-order valence-electron chi connectivity index (χ1n) is 7.01. The van der Waals surface area contributed by atoms with Crippen LogP contribution in [0.5, 0.6) is 0 Å². The monoisotopic (exact) mass is 260 g/mol. The van der Waals surface area contributed by atoms with E-state index in [4.69, 9.17) is 4.74 Å². The number of carbonyl (C=O) groups excluding carboxylic acids is 1. The van der Waals surface area contributed by atoms with Gasteiger partial charge >= 0.3 is 0 Å². The number of amides is 1. The van der Waals surface area contributed by atoms with Gasteiger partial charge in [-0.1, -0.05) is 24.3 Å². The number of nitrogens with one attached hydrogen (secondary N) is 2. The van der Waals surface area contributed by atoms with Crippen LogP contribution < -0.4 is 10.6 Å². The lowest BCUT2D eigenvalue weighted by Gasteiger charge is -2.26. The molecule has 2 N–H and O–H groups in total. The Morgan fingerprint density at radius 1 is 1.42 bits per heavy atom. The fourth-order valence-corrected chi connectivity index (χ4v) is 2.83. The van der Waals surface area contributed by atoms with Crippen LogP contribution >= 0.6 is 0 Å². The second-order valence-corrected chi connectivity index (χ2v) is 5.31. The normalized spacial score (nSPS) is 25.9. The summed E-state index contributed by atoms with van der Waals surface area (Å²) in [5, 5.41) is 6.36. The van der Waals surface area contributed by atoms with Crippen LogP contribution in [0.3, 0.4) is 0 Å². The number of rotatable bonds is 3. The topological polar surface area (TPSA) is 50.4 Å². The van der Waals surface area contributed by atoms with Crippen LogP contribution in [0.2, 0.25) is 0 Å². The first kappa shape index (κ1) is 12.6. The highest BCUT2D eigenvalue weighted by Crippen LogP contribution is 2.22. The van der Waals surface area contributed by atoms with Gasteiger partial charge in [-0.2, -0.15) is 0 Å². The van der Waals surface area contributed by atoms with Gasteiger partial charge in [0, 0.05) is 25.6 Å². The van der Waals surface area contributed by atoms with E-state index in [0.29, 0.717) is 5.92 Å². The van der Waals surface area contributed by atoms with Crippen molar-refractivity contribution >= 4 is 5.91 Å². The van der Waals surface area contributed by atoms with E-state index in [1.54, 1.807) is 0 Å². The molecule has 4 heteroatoms. The Morgan fingerprint density at radius 3 is 3.16 bits per heavy atom. The molecule has 0 bridgehead atoms. The van der Waals surface area contributed by atoms with Gasteiger partial charge in [0.05, 0.1) is 6.61 Å². The summed E-state index contributed by atoms with van der Waals surface area (Å²) in [5.41, 5.74) is 2.40. The van der Waals surface area contributed by atoms with E-state index in [-0.39, 0.29) is 11.9 Å². The molecule has 0 aliphatic carbocycles. The predicted molar refractivity (Wildman–Crippen MR) is 72.8 cm³/mol. The predicted octanol–water partition coefficient (Wildman–Crippen LogP) is 1.03. The molecule has 0 radical (unpaired) electrons. The van der Waals surface area contributed by atoms with Crippen LogP contribution in [0.25, 0.3) is 0 Å². The highest BCUT2D eigenvalue weighted by molar-refractivity contribution is 5.83. The van der Waals surface area contributed by atoms with E-state index in [2.05, 4.69) is 16.7 Å². The first-order valence-corrected chi connectivity index (χ1v) is 7.01. The van der Waals surface area contributed by atoms with E-state index >= 15 is 0 Å². The van der Waals surface area contributed by atoms with Crippen molar-refractivity contribution in [3.63, 3.8) is 0 Å². The minimum atomic E-state index is -0.202. The second kappa shape index (κ2) is 5.72. The third kappa shape index (κ3) is 2.80. The zero-order valence-electron chi connectivity index (χ0n) is 11.0. The molecular formula is C15H20N2O2. The standard InChI is InChI=1S/C15H20N2O2/c18-15(17-9-11-6-8-19-10-11)14-13-4-2-1-3-12(13)5-7-16-14/h1-4,11,14,16H,5-10H2,(H,17,18). The summed E-state index contributed by atoms with van der Waals surface area (Å²) in [6, 6.07) is 7.99. The van der Waals surface area contributed by atoms with Crippen LogP contribution in [-0.4, -0.2) is 32.2 Å². The van der Waals surface area contributed by atoms with E-state index in [0.717, 1.165) is 44.7 Å². The Hall–Kier alpha value is -1.39. The molecule has 2 heterocycles. The summed E-state index contributed by atoms with van der Waals surface area (Å²) in [7, 11) is 0. The fourth-order valence-electron chi connectivity index (χ4n) is 2.83. The fraction of sp³-hybridized carbons (Fsp3) is 0.533. The molecule has 2 unspecified atom stereocenters. The molecule has 1 fully saturated rings. The summed E-state index contributed by atoms with van der Waals surface area (Å²) in [6.45, 7) is 3.18. The molecule has 1 aromatic rings. The summed E-state index contributed by atoms with van der Waals surface area (Å²) in [5.74, 6) is 0.557. The van der Waals surface area contributed by atoms with Crippen LogP contribution in [0.15, 0.2) is 24.3 Å². The van der Waals surface area contributed by atoms with Gasteiger partial charge < -0.3 is 15.4 Å². The zero-order chi connectivity index (χ0) is 13.1. The third-order valence-corrected chi connectivity index (χ3v) is 3.96. The van der Waals surface area contributed by atoms with Crippen molar-refractivity contribution in [3.05, 3.63) is 35.4 Å². The molecule has 4 nitrogen and oxygen atoms in total. The number of carbonyl (C=O) groups is 1. The van der Waals surface area contributed by atoms with Crippen molar-refractivity contribution in [2.45, 2.75) is 18.9 Å². The lowest BCUT2D eigenvalue weighted by Crippen LogP contribution is -2.42. The molecule has 0 spiro atoms. The van der Waals surface area contributed by atoms with Gasteiger partial charge in [0.15, 0.2) is 0 Å². The number of benzene rings is 1. The number of fused-ring (bicyclic) bond motifs is 1. The molecule has 1 amide bonds. The molecule has 2 aliphatic heterocycles. The van der Waals surface area contributed by atoms with Gasteiger partial charge in [0.25, 0.3) is 0 Å². The Morgan fingerprint density at radius 2 is 2.32 bits per heavy atom. The van der Waals surface area contributed by atoms with Crippen molar-refractivity contribution in [1.82, 2.24) is 10.6 Å². The van der Waals surface area contributed by atoms with Crippen molar-refractivity contribution < 1.29 is 9.53 Å². The third-order valence-electron chi connectivity index (χ3n) is 3.96. The minimum absolute atomic E-state index is 0.0825. The number of hydrogen-bond acceptors (Lipinski definition) is 3. The Kier molecular flexibility index (Phi) is 3.80. The SMILES string of the molecule is O=C(NCC1CCOC1)C1NCCc2ccccc21. The Balaban J connectivity index is 1.64. The number of hydrogen-bond donors (Lipinski definition) is 2. The Bertz CT molecular complexity index is 455. The minimum Gasteiger partial charge on any atom is -0.381 e. The lowest BCUT2D eigenvalue weighted by atomic mass is 9.94. The lowest BCUT2D eigenvalue weighted by molar-refractivity contribution is -0.123. The molecule has 0 aromatic heterocycles. The molecule has 19 heavy (non-hydrogen) atoms. The highest BCUT2D eigenvalue weighted by Gasteiger charge is 2.26. The van der Waals surface area contributed by atoms with Crippen LogP contribution in [0, 0.1) is 5.92 Å². The van der Waals surface area contributed by atoms with Gasteiger partial charge in [-0.05, 0) is 24.0 Å². The molecule has 0 saturated carbocycles. The molecule has 2 atom stereocenters. The quantitative estimate of drug-likeness (QED) is 0.853. The Labute approximate surface area is 113 Å². The van der Waals surface area contributed by atoms with Gasteiger partial charge in [-0.3, -0.25) is 4.79 Å². The average Bonchev–Trinajstić information content (AvgIpc) is 2.97. The van der Waals surface area contributed by atoms with E-state index in [1.165, 1.54) is 5.56 Å². The van der Waals surface area contributed by atoms with Crippen LogP contribution in [0.4, 0.5) is 0 Å². The van der Waals surface area contributed by atoms with Gasteiger partial charge in [0.2, 0.25) is 5.91 Å². The summed E-state index contributed by atoms with van der Waals surface area (Å²) in [6.07, 6.45) is 2.05. The largest absolute Gasteiger partial charge is 0.381 e.